The van der Waals surface area contributed by atoms with Crippen molar-refractivity contribution in [2.45, 2.75) is 50.8 Å². The Morgan fingerprint density at radius 1 is 0.900 bits per heavy atom. The summed E-state index contributed by atoms with van der Waals surface area (Å²) in [6, 6.07) is 17.4. The Morgan fingerprint density at radius 2 is 1.48 bits per heavy atom. The number of benzene rings is 2. The fraction of sp³-hybridized carbons (Fsp3) is 0.484. The standard InChI is InChI=1S/C31H39N3O6/c1-22(32-28(36)20-34-13-15-39-16-14-34)27(35)19-25(17-23-9-5-3-6-10-23)30(38)33-26(29(37)31(2)21-40-31)18-24-11-7-4-8-12-24/h3-12,22,25-26H,13-21H2,1-2H3,(H,32,36)(H,33,38)/t22-,25+,26-,31+/m0/s1. The molecule has 2 aromatic rings. The molecule has 2 saturated heterocycles. The molecule has 2 fully saturated rings. The number of ketones is 2. The van der Waals surface area contributed by atoms with E-state index in [2.05, 4.69) is 10.6 Å². The molecule has 2 heterocycles. The molecule has 0 radical (unpaired) electrons. The largest absolute Gasteiger partial charge is 0.379 e. The van der Waals surface area contributed by atoms with Gasteiger partial charge in [0.05, 0.1) is 38.4 Å². The molecule has 2 aliphatic rings. The van der Waals surface area contributed by atoms with E-state index >= 15 is 0 Å². The van der Waals surface area contributed by atoms with Crippen LogP contribution < -0.4 is 10.6 Å². The van der Waals surface area contributed by atoms with Gasteiger partial charge in [-0.2, -0.15) is 0 Å². The van der Waals surface area contributed by atoms with Crippen LogP contribution >= 0.6 is 0 Å². The molecule has 40 heavy (non-hydrogen) atoms. The van der Waals surface area contributed by atoms with E-state index in [0.29, 0.717) is 45.8 Å². The Labute approximate surface area is 235 Å². The van der Waals surface area contributed by atoms with Gasteiger partial charge in [-0.3, -0.25) is 24.1 Å². The minimum Gasteiger partial charge on any atom is -0.379 e. The van der Waals surface area contributed by atoms with Crippen molar-refractivity contribution >= 4 is 23.4 Å². The second kappa shape index (κ2) is 13.8. The van der Waals surface area contributed by atoms with Crippen LogP contribution in [0.3, 0.4) is 0 Å². The highest BCUT2D eigenvalue weighted by atomic mass is 16.6. The summed E-state index contributed by atoms with van der Waals surface area (Å²) in [6.07, 6.45) is 0.580. The molecule has 9 heteroatoms. The molecule has 0 aromatic heterocycles. The minimum absolute atomic E-state index is 0.0697. The van der Waals surface area contributed by atoms with Crippen LogP contribution in [0.4, 0.5) is 0 Å². The van der Waals surface area contributed by atoms with E-state index in [1.54, 1.807) is 13.8 Å². The Kier molecular flexibility index (Phi) is 10.2. The highest BCUT2D eigenvalue weighted by Gasteiger charge is 2.50. The molecule has 0 saturated carbocycles. The van der Waals surface area contributed by atoms with Crippen molar-refractivity contribution in [1.29, 1.82) is 0 Å². The third-order valence-electron chi connectivity index (χ3n) is 7.49. The summed E-state index contributed by atoms with van der Waals surface area (Å²) in [5.41, 5.74) is 0.914. The predicted molar refractivity (Wildman–Crippen MR) is 150 cm³/mol. The molecule has 0 spiro atoms. The van der Waals surface area contributed by atoms with Gasteiger partial charge in [-0.1, -0.05) is 60.7 Å². The molecule has 2 amide bonds. The molecule has 2 aromatic carbocycles. The molecule has 0 aliphatic carbocycles. The normalized spacial score (nSPS) is 21.1. The van der Waals surface area contributed by atoms with Gasteiger partial charge in [-0.25, -0.2) is 0 Å². The first kappa shape index (κ1) is 29.6. The van der Waals surface area contributed by atoms with Gasteiger partial charge in [0.25, 0.3) is 0 Å². The highest BCUT2D eigenvalue weighted by molar-refractivity contribution is 5.98. The Balaban J connectivity index is 1.44. The fourth-order valence-electron chi connectivity index (χ4n) is 4.87. The minimum atomic E-state index is -0.906. The number of rotatable bonds is 14. The quantitative estimate of drug-likeness (QED) is 0.345. The Bertz CT molecular complexity index is 1160. The monoisotopic (exact) mass is 549 g/mol. The third-order valence-corrected chi connectivity index (χ3v) is 7.49. The fourth-order valence-corrected chi connectivity index (χ4v) is 4.87. The summed E-state index contributed by atoms with van der Waals surface area (Å²) in [4.78, 5) is 54.8. The summed E-state index contributed by atoms with van der Waals surface area (Å²) in [5, 5.41) is 5.73. The van der Waals surface area contributed by atoms with Crippen molar-refractivity contribution in [2.75, 3.05) is 39.5 Å². The maximum absolute atomic E-state index is 13.7. The lowest BCUT2D eigenvalue weighted by Crippen LogP contribution is -2.50. The van der Waals surface area contributed by atoms with Crippen LogP contribution in [0.2, 0.25) is 0 Å². The molecule has 2 aliphatic heterocycles. The van der Waals surface area contributed by atoms with Gasteiger partial charge in [0.1, 0.15) is 5.60 Å². The van der Waals surface area contributed by atoms with E-state index in [4.69, 9.17) is 9.47 Å². The molecule has 2 N–H and O–H groups in total. The number of nitrogens with zero attached hydrogens (tertiary/aromatic N) is 1. The number of epoxide rings is 1. The predicted octanol–water partition coefficient (Wildman–Crippen LogP) is 1.73. The van der Waals surface area contributed by atoms with E-state index < -0.39 is 23.6 Å². The van der Waals surface area contributed by atoms with Crippen LogP contribution in [-0.2, 0) is 41.5 Å². The molecule has 214 valence electrons. The smallest absolute Gasteiger partial charge is 0.234 e. The number of carbonyl (C=O) groups is 4. The third kappa shape index (κ3) is 8.55. The first-order valence-corrected chi connectivity index (χ1v) is 13.9. The lowest BCUT2D eigenvalue weighted by atomic mass is 9.90. The summed E-state index contributed by atoms with van der Waals surface area (Å²) in [7, 11) is 0. The summed E-state index contributed by atoms with van der Waals surface area (Å²) in [5.74, 6) is -1.75. The van der Waals surface area contributed by atoms with E-state index in [0.717, 1.165) is 11.1 Å². The number of carbonyl (C=O) groups excluding carboxylic acids is 4. The first-order chi connectivity index (χ1) is 19.2. The SMILES string of the molecule is C[C@H](NC(=O)CN1CCOCC1)C(=O)C[C@@H](Cc1ccccc1)C(=O)N[C@@H](Cc1ccccc1)C(=O)[C@@]1(C)CO1. The van der Waals surface area contributed by atoms with Crippen molar-refractivity contribution < 1.29 is 28.7 Å². The maximum atomic E-state index is 13.7. The molecule has 4 rings (SSSR count). The summed E-state index contributed by atoms with van der Waals surface area (Å²) < 4.78 is 10.7. The second-order valence-corrected chi connectivity index (χ2v) is 10.9. The van der Waals surface area contributed by atoms with E-state index in [1.165, 1.54) is 0 Å². The maximum Gasteiger partial charge on any atom is 0.234 e. The van der Waals surface area contributed by atoms with Crippen LogP contribution in [0, 0.1) is 5.92 Å². The van der Waals surface area contributed by atoms with E-state index in [1.807, 2.05) is 65.6 Å². The second-order valence-electron chi connectivity index (χ2n) is 10.9. The van der Waals surface area contributed by atoms with Crippen molar-refractivity contribution in [2.24, 2.45) is 5.92 Å². The van der Waals surface area contributed by atoms with Gasteiger partial charge < -0.3 is 20.1 Å². The lowest BCUT2D eigenvalue weighted by molar-refractivity contribution is -0.134. The average Bonchev–Trinajstić information content (AvgIpc) is 3.71. The summed E-state index contributed by atoms with van der Waals surface area (Å²) in [6.45, 7) is 6.38. The van der Waals surface area contributed by atoms with Gasteiger partial charge >= 0.3 is 0 Å². The van der Waals surface area contributed by atoms with Gasteiger partial charge in [0, 0.05) is 25.4 Å². The average molecular weight is 550 g/mol. The number of Topliss-reactive ketones (excluding diaryl/α,β-unsaturated/α-hetero) is 2. The van der Waals surface area contributed by atoms with Crippen LogP contribution in [0.1, 0.15) is 31.4 Å². The van der Waals surface area contributed by atoms with Crippen LogP contribution in [-0.4, -0.2) is 85.4 Å². The van der Waals surface area contributed by atoms with Crippen molar-refractivity contribution in [1.82, 2.24) is 15.5 Å². The van der Waals surface area contributed by atoms with Crippen LogP contribution in [0.15, 0.2) is 60.7 Å². The van der Waals surface area contributed by atoms with Crippen molar-refractivity contribution in [3.8, 4) is 0 Å². The molecular weight excluding hydrogens is 510 g/mol. The van der Waals surface area contributed by atoms with Crippen LogP contribution in [0.5, 0.6) is 0 Å². The number of hydrogen-bond donors (Lipinski definition) is 2. The summed E-state index contributed by atoms with van der Waals surface area (Å²) >= 11 is 0. The molecule has 9 nitrogen and oxygen atoms in total. The van der Waals surface area contributed by atoms with Gasteiger partial charge in [0.15, 0.2) is 11.6 Å². The highest BCUT2D eigenvalue weighted by Crippen LogP contribution is 2.29. The Hall–Kier alpha value is -3.40. The van der Waals surface area contributed by atoms with E-state index in [-0.39, 0.29) is 36.3 Å². The lowest BCUT2D eigenvalue weighted by Gasteiger charge is -2.27. The van der Waals surface area contributed by atoms with Crippen molar-refractivity contribution in [3.05, 3.63) is 71.8 Å². The van der Waals surface area contributed by atoms with Crippen molar-refractivity contribution in [3.63, 3.8) is 0 Å². The van der Waals surface area contributed by atoms with Gasteiger partial charge in [-0.15, -0.1) is 0 Å². The van der Waals surface area contributed by atoms with Gasteiger partial charge in [0.2, 0.25) is 11.8 Å². The zero-order chi connectivity index (χ0) is 28.5. The zero-order valence-corrected chi connectivity index (χ0v) is 23.3. The zero-order valence-electron chi connectivity index (χ0n) is 23.3. The van der Waals surface area contributed by atoms with E-state index in [9.17, 15) is 19.2 Å². The topological polar surface area (TPSA) is 117 Å². The molecular formula is C31H39N3O6. The van der Waals surface area contributed by atoms with Crippen LogP contribution in [0.25, 0.3) is 0 Å². The number of ether oxygens (including phenoxy) is 2. The van der Waals surface area contributed by atoms with Gasteiger partial charge in [-0.05, 0) is 37.8 Å². The number of nitrogens with one attached hydrogen (secondary N) is 2. The number of hydrogen-bond acceptors (Lipinski definition) is 7. The molecule has 4 atom stereocenters. The Morgan fingerprint density at radius 3 is 2.05 bits per heavy atom. The molecule has 0 unspecified atom stereocenters. The number of amides is 2. The molecule has 0 bridgehead atoms. The first-order valence-electron chi connectivity index (χ1n) is 13.9. The number of morpholine rings is 1.